The molecule has 1 aliphatic carbocycles. The lowest BCUT2D eigenvalue weighted by molar-refractivity contribution is -0.126. The predicted molar refractivity (Wildman–Crippen MR) is 221 cm³/mol. The molecular formula is C45H51F2N7O4. The van der Waals surface area contributed by atoms with Crippen molar-refractivity contribution < 1.29 is 28.2 Å². The number of amides is 1. The minimum absolute atomic E-state index is 0.0172. The molecule has 4 aliphatic rings. The van der Waals surface area contributed by atoms with Gasteiger partial charge in [0, 0.05) is 50.1 Å². The van der Waals surface area contributed by atoms with E-state index in [1.54, 1.807) is 18.2 Å². The Hall–Kier alpha value is -5.48. The van der Waals surface area contributed by atoms with Crippen LogP contribution in [0.25, 0.3) is 10.8 Å². The van der Waals surface area contributed by atoms with Crippen LogP contribution in [0.4, 0.5) is 26.1 Å². The number of halogens is 2. The molecule has 11 nitrogen and oxygen atoms in total. The summed E-state index contributed by atoms with van der Waals surface area (Å²) in [6.07, 6.45) is 11.7. The van der Waals surface area contributed by atoms with Gasteiger partial charge in [-0.25, -0.2) is 13.8 Å². The number of aromatic nitrogens is 3. The Labute approximate surface area is 338 Å². The van der Waals surface area contributed by atoms with Crippen LogP contribution in [-0.2, 0) is 22.4 Å². The fraction of sp³-hybridized carbons (Fsp3) is 0.467. The molecule has 0 saturated carbocycles. The monoisotopic (exact) mass is 791 g/mol. The standard InChI is InChI=1S/C45H51F2N7O4/c1-6-35-38(47)14-11-30-19-34(55)21-37(42(30)35)29-10-13-36-39(20-29)49-44(50-43(36)51(5)25-33-9-8-16-53(33)41(56)7-2)58-27-45(4)22-31(46)24-54(45)32-12-15-40(48-23-32)52-17-18-57-26-28(52)3/h1,7,11-12,14-15,19,21,23,28-29,31,33,55H,2,8-10,13,16-18,20,22,24-27H2,3-5H3/t28-,29-,31-,33+,45+/m1/s1. The second kappa shape index (κ2) is 16.0. The highest BCUT2D eigenvalue weighted by molar-refractivity contribution is 5.93. The van der Waals surface area contributed by atoms with E-state index in [0.717, 1.165) is 47.7 Å². The maximum Gasteiger partial charge on any atom is 0.318 e. The topological polar surface area (TPSA) is 107 Å². The van der Waals surface area contributed by atoms with Gasteiger partial charge in [0.05, 0.1) is 54.5 Å². The molecule has 3 fully saturated rings. The van der Waals surface area contributed by atoms with E-state index in [0.29, 0.717) is 62.2 Å². The molecule has 5 atom stereocenters. The molecule has 3 saturated heterocycles. The van der Waals surface area contributed by atoms with Crippen molar-refractivity contribution in [2.24, 2.45) is 0 Å². The summed E-state index contributed by atoms with van der Waals surface area (Å²) in [5.41, 5.74) is 2.76. The van der Waals surface area contributed by atoms with Crippen LogP contribution in [0.3, 0.4) is 0 Å². The fourth-order valence-corrected chi connectivity index (χ4v) is 9.60. The minimum Gasteiger partial charge on any atom is -0.508 e. The minimum atomic E-state index is -1.07. The number of carbonyl (C=O) groups is 1. The fourth-order valence-electron chi connectivity index (χ4n) is 9.60. The van der Waals surface area contributed by atoms with Crippen molar-refractivity contribution in [1.82, 2.24) is 19.9 Å². The number of hydrogen-bond acceptors (Lipinski definition) is 10. The second-order valence-electron chi connectivity index (χ2n) is 16.5. The molecule has 4 aromatic rings. The highest BCUT2D eigenvalue weighted by Gasteiger charge is 2.44. The molecule has 5 heterocycles. The number of morpholine rings is 1. The molecule has 0 spiro atoms. The Morgan fingerprint density at radius 3 is 2.83 bits per heavy atom. The van der Waals surface area contributed by atoms with Gasteiger partial charge < -0.3 is 34.2 Å². The van der Waals surface area contributed by atoms with Gasteiger partial charge in [-0.2, -0.15) is 9.97 Å². The number of likely N-dealkylation sites (tertiary alicyclic amines) is 1. The quantitative estimate of drug-likeness (QED) is 0.144. The average Bonchev–Trinajstić information content (AvgIpc) is 3.81. The van der Waals surface area contributed by atoms with Gasteiger partial charge in [-0.1, -0.05) is 18.6 Å². The largest absolute Gasteiger partial charge is 0.508 e. The summed E-state index contributed by atoms with van der Waals surface area (Å²) in [6, 6.07) is 10.6. The molecule has 1 amide bonds. The Balaban J connectivity index is 1.11. The summed E-state index contributed by atoms with van der Waals surface area (Å²) in [6.45, 7) is 11.4. The van der Waals surface area contributed by atoms with Crippen molar-refractivity contribution >= 4 is 34.0 Å². The molecular weight excluding hydrogens is 741 g/mol. The number of alkyl halides is 1. The Kier molecular flexibility index (Phi) is 10.9. The number of terminal acetylenes is 1. The van der Waals surface area contributed by atoms with E-state index in [2.05, 4.69) is 29.2 Å². The maximum atomic E-state index is 15.4. The number of likely N-dealkylation sites (N-methyl/N-ethyl adjacent to an activating group) is 1. The Morgan fingerprint density at radius 2 is 2.07 bits per heavy atom. The lowest BCUT2D eigenvalue weighted by atomic mass is 9.79. The zero-order chi connectivity index (χ0) is 40.7. The number of hydrogen-bond donors (Lipinski definition) is 1. The van der Waals surface area contributed by atoms with E-state index in [1.165, 1.54) is 12.1 Å². The smallest absolute Gasteiger partial charge is 0.318 e. The van der Waals surface area contributed by atoms with Crippen LogP contribution in [0.5, 0.6) is 11.8 Å². The van der Waals surface area contributed by atoms with Crippen LogP contribution in [0.2, 0.25) is 0 Å². The number of rotatable bonds is 10. The summed E-state index contributed by atoms with van der Waals surface area (Å²) in [5, 5.41) is 12.1. The van der Waals surface area contributed by atoms with Crippen molar-refractivity contribution in [3.05, 3.63) is 83.5 Å². The van der Waals surface area contributed by atoms with E-state index in [-0.39, 0.29) is 60.8 Å². The highest BCUT2D eigenvalue weighted by atomic mass is 19.1. The van der Waals surface area contributed by atoms with Gasteiger partial charge in [-0.15, -0.1) is 6.42 Å². The van der Waals surface area contributed by atoms with Crippen LogP contribution in [0, 0.1) is 18.2 Å². The zero-order valence-corrected chi connectivity index (χ0v) is 33.5. The van der Waals surface area contributed by atoms with Crippen molar-refractivity contribution in [3.8, 4) is 24.1 Å². The third-order valence-electron chi connectivity index (χ3n) is 12.5. The van der Waals surface area contributed by atoms with Gasteiger partial charge in [0.15, 0.2) is 0 Å². The zero-order valence-electron chi connectivity index (χ0n) is 33.5. The van der Waals surface area contributed by atoms with Gasteiger partial charge in [-0.05, 0) is 99.2 Å². The van der Waals surface area contributed by atoms with Crippen LogP contribution >= 0.6 is 0 Å². The van der Waals surface area contributed by atoms with Crippen molar-refractivity contribution in [3.63, 3.8) is 0 Å². The predicted octanol–water partition coefficient (Wildman–Crippen LogP) is 6.35. The first-order valence-electron chi connectivity index (χ1n) is 20.3. The maximum absolute atomic E-state index is 15.4. The van der Waals surface area contributed by atoms with Crippen molar-refractivity contribution in [2.75, 3.05) is 67.7 Å². The van der Waals surface area contributed by atoms with Crippen molar-refractivity contribution in [1.29, 1.82) is 0 Å². The Morgan fingerprint density at radius 1 is 1.22 bits per heavy atom. The van der Waals surface area contributed by atoms with Gasteiger partial charge in [0.1, 0.15) is 36.0 Å². The van der Waals surface area contributed by atoms with E-state index < -0.39 is 17.5 Å². The molecule has 2 aromatic heterocycles. The number of benzene rings is 2. The lowest BCUT2D eigenvalue weighted by Gasteiger charge is -2.37. The lowest BCUT2D eigenvalue weighted by Crippen LogP contribution is -2.46. The van der Waals surface area contributed by atoms with Gasteiger partial charge >= 0.3 is 6.01 Å². The summed E-state index contributed by atoms with van der Waals surface area (Å²) >= 11 is 0. The third kappa shape index (κ3) is 7.50. The molecule has 0 unspecified atom stereocenters. The number of fused-ring (bicyclic) bond motifs is 2. The van der Waals surface area contributed by atoms with Crippen LogP contribution in [-0.4, -0.2) is 108 Å². The molecule has 58 heavy (non-hydrogen) atoms. The first-order chi connectivity index (χ1) is 28.0. The highest BCUT2D eigenvalue weighted by Crippen LogP contribution is 2.42. The normalized spacial score (nSPS) is 24.4. The first kappa shape index (κ1) is 39.4. The third-order valence-corrected chi connectivity index (χ3v) is 12.5. The van der Waals surface area contributed by atoms with E-state index in [1.807, 2.05) is 42.1 Å². The number of ether oxygens (including phenoxy) is 2. The summed E-state index contributed by atoms with van der Waals surface area (Å²) < 4.78 is 42.6. The number of pyridine rings is 1. The summed E-state index contributed by atoms with van der Waals surface area (Å²) in [5.74, 6) is 3.47. The summed E-state index contributed by atoms with van der Waals surface area (Å²) in [7, 11) is 1.97. The SMILES string of the molecule is C#Cc1c(F)ccc2cc(O)cc([C@@H]3CCc4c(nc(OC[C@]5(C)C[C@@H](F)CN5c5ccc(N6CCOC[C@H]6C)nc5)nc4N(C)C[C@@H]4CCCN4C(=O)C=C)C3)c12. The molecule has 13 heteroatoms. The van der Waals surface area contributed by atoms with Crippen molar-refractivity contribution in [2.45, 2.75) is 82.1 Å². The molecule has 304 valence electrons. The number of carbonyl (C=O) groups excluding carboxylic acids is 1. The van der Waals surface area contributed by atoms with E-state index in [9.17, 15) is 9.90 Å². The van der Waals surface area contributed by atoms with Crippen LogP contribution < -0.4 is 19.4 Å². The average molecular weight is 792 g/mol. The van der Waals surface area contributed by atoms with Gasteiger partial charge in [0.2, 0.25) is 5.91 Å². The molecule has 3 aliphatic heterocycles. The molecule has 8 rings (SSSR count). The second-order valence-corrected chi connectivity index (χ2v) is 16.5. The number of aromatic hydroxyl groups is 1. The Bertz CT molecular complexity index is 2250. The van der Waals surface area contributed by atoms with Gasteiger partial charge in [0.25, 0.3) is 0 Å². The number of nitrogens with zero attached hydrogens (tertiary/aromatic N) is 7. The number of anilines is 3. The van der Waals surface area contributed by atoms with E-state index in [4.69, 9.17) is 30.8 Å². The molecule has 1 N–H and O–H groups in total. The van der Waals surface area contributed by atoms with Gasteiger partial charge in [-0.3, -0.25) is 4.79 Å². The van der Waals surface area contributed by atoms with Crippen LogP contribution in [0.15, 0.2) is 55.3 Å². The van der Waals surface area contributed by atoms with Crippen LogP contribution in [0.1, 0.15) is 67.8 Å². The number of phenols is 1. The van der Waals surface area contributed by atoms with E-state index >= 15 is 8.78 Å². The number of phenolic OH excluding ortho intramolecular Hbond substituents is 1. The molecule has 2 aromatic carbocycles. The first-order valence-corrected chi connectivity index (χ1v) is 20.3. The summed E-state index contributed by atoms with van der Waals surface area (Å²) in [4.78, 5) is 35.7. The molecule has 0 radical (unpaired) electrons. The molecule has 0 bridgehead atoms.